The fraction of sp³-hybridized carbons (Fsp3) is 0.692. The van der Waals surface area contributed by atoms with Gasteiger partial charge in [0, 0.05) is 13.1 Å². The number of rotatable bonds is 3. The van der Waals surface area contributed by atoms with Crippen LogP contribution in [0.2, 0.25) is 0 Å². The van der Waals surface area contributed by atoms with Crippen LogP contribution in [0.3, 0.4) is 0 Å². The van der Waals surface area contributed by atoms with Gasteiger partial charge in [0.05, 0.1) is 11.5 Å². The molecule has 0 saturated carbocycles. The van der Waals surface area contributed by atoms with Crippen LogP contribution in [0.25, 0.3) is 0 Å². The zero-order valence-corrected chi connectivity index (χ0v) is 13.1. The minimum Gasteiger partial charge on any atom is -0.391 e. The highest BCUT2D eigenvalue weighted by molar-refractivity contribution is 7.89. The number of aryl methyl sites for hydroxylation is 1. The van der Waals surface area contributed by atoms with E-state index in [1.807, 2.05) is 0 Å². The third-order valence-corrected chi connectivity index (χ3v) is 7.05. The maximum absolute atomic E-state index is 12.7. The van der Waals surface area contributed by atoms with E-state index < -0.39 is 10.0 Å². The number of aliphatic hydroxyl groups excluding tert-OH is 1. The van der Waals surface area contributed by atoms with Crippen LogP contribution in [0.5, 0.6) is 0 Å². The molecule has 0 radical (unpaired) electrons. The van der Waals surface area contributed by atoms with Crippen LogP contribution in [0, 0.1) is 12.8 Å². The van der Waals surface area contributed by atoms with Crippen molar-refractivity contribution < 1.29 is 13.5 Å². The molecule has 1 atom stereocenters. The third-order valence-electron chi connectivity index (χ3n) is 3.71. The van der Waals surface area contributed by atoms with E-state index >= 15 is 0 Å². The van der Waals surface area contributed by atoms with E-state index in [9.17, 15) is 13.5 Å². The van der Waals surface area contributed by atoms with Crippen molar-refractivity contribution in [3.63, 3.8) is 0 Å². The Morgan fingerprint density at radius 3 is 2.84 bits per heavy atom. The number of hydrogen-bond acceptors (Lipinski definition) is 4. The molecule has 19 heavy (non-hydrogen) atoms. The van der Waals surface area contributed by atoms with Crippen molar-refractivity contribution in [2.24, 2.45) is 5.92 Å². The Balaban J connectivity index is 2.33. The van der Waals surface area contributed by atoms with E-state index in [4.69, 9.17) is 0 Å². The predicted molar refractivity (Wildman–Crippen MR) is 76.8 cm³/mol. The van der Waals surface area contributed by atoms with E-state index in [2.05, 4.69) is 6.92 Å². The van der Waals surface area contributed by atoms with Gasteiger partial charge in [-0.05, 0) is 43.0 Å². The molecule has 1 fully saturated rings. The van der Waals surface area contributed by atoms with Crippen LogP contribution < -0.4 is 0 Å². The fourth-order valence-electron chi connectivity index (χ4n) is 2.55. The van der Waals surface area contributed by atoms with E-state index in [0.717, 1.165) is 24.8 Å². The molecule has 4 nitrogen and oxygen atoms in total. The topological polar surface area (TPSA) is 57.6 Å². The summed E-state index contributed by atoms with van der Waals surface area (Å²) in [5.74, 6) is 0.584. The summed E-state index contributed by atoms with van der Waals surface area (Å²) >= 11 is 1.32. The quantitative estimate of drug-likeness (QED) is 0.932. The minimum absolute atomic E-state index is 0.211. The predicted octanol–water partition coefficient (Wildman–Crippen LogP) is 2.36. The highest BCUT2D eigenvalue weighted by Gasteiger charge is 2.30. The fourth-order valence-corrected chi connectivity index (χ4v) is 5.65. The van der Waals surface area contributed by atoms with Gasteiger partial charge in [-0.15, -0.1) is 11.3 Å². The standard InChI is InChI=1S/C13H21NO3S2/c1-10-4-3-6-14(7-5-10)19(16,17)13-11(2)9-18-12(13)8-15/h9-10,15H,3-8H2,1-2H3. The van der Waals surface area contributed by atoms with Crippen molar-refractivity contribution in [3.05, 3.63) is 15.8 Å². The Morgan fingerprint density at radius 1 is 1.42 bits per heavy atom. The lowest BCUT2D eigenvalue weighted by atomic mass is 10.0. The van der Waals surface area contributed by atoms with Gasteiger partial charge < -0.3 is 5.11 Å². The molecule has 1 aromatic heterocycles. The summed E-state index contributed by atoms with van der Waals surface area (Å²) in [6.07, 6.45) is 2.91. The van der Waals surface area contributed by atoms with Crippen molar-refractivity contribution in [3.8, 4) is 0 Å². The zero-order valence-electron chi connectivity index (χ0n) is 11.4. The average molecular weight is 303 g/mol. The summed E-state index contributed by atoms with van der Waals surface area (Å²) in [5.41, 5.74) is 0.742. The summed E-state index contributed by atoms with van der Waals surface area (Å²) in [6.45, 7) is 4.93. The minimum atomic E-state index is -3.46. The lowest BCUT2D eigenvalue weighted by molar-refractivity contribution is 0.282. The summed E-state index contributed by atoms with van der Waals surface area (Å²) in [7, 11) is -3.46. The summed E-state index contributed by atoms with van der Waals surface area (Å²) in [4.78, 5) is 0.879. The van der Waals surface area contributed by atoms with Crippen LogP contribution >= 0.6 is 11.3 Å². The number of hydrogen-bond donors (Lipinski definition) is 1. The van der Waals surface area contributed by atoms with Crippen LogP contribution in [-0.2, 0) is 16.6 Å². The molecule has 2 rings (SSSR count). The molecular formula is C13H21NO3S2. The molecule has 0 aromatic carbocycles. The van der Waals surface area contributed by atoms with E-state index in [0.29, 0.717) is 28.8 Å². The zero-order chi connectivity index (χ0) is 14.0. The molecule has 1 aliphatic rings. The molecule has 6 heteroatoms. The normalized spacial score (nSPS) is 22.4. The van der Waals surface area contributed by atoms with E-state index in [-0.39, 0.29) is 6.61 Å². The monoisotopic (exact) mass is 303 g/mol. The van der Waals surface area contributed by atoms with Crippen molar-refractivity contribution in [1.29, 1.82) is 0 Å². The number of thiophene rings is 1. The highest BCUT2D eigenvalue weighted by atomic mass is 32.2. The molecule has 2 heterocycles. The summed E-state index contributed by atoms with van der Waals surface area (Å²) in [6, 6.07) is 0. The average Bonchev–Trinajstić information content (AvgIpc) is 2.60. The second kappa shape index (κ2) is 5.91. The first-order valence-corrected chi connectivity index (χ1v) is 8.96. The van der Waals surface area contributed by atoms with Crippen molar-refractivity contribution in [2.75, 3.05) is 13.1 Å². The second-order valence-electron chi connectivity index (χ2n) is 5.27. The SMILES string of the molecule is Cc1csc(CO)c1S(=O)(=O)N1CCCC(C)CC1. The van der Waals surface area contributed by atoms with Gasteiger partial charge in [0.15, 0.2) is 0 Å². The Labute approximate surface area is 119 Å². The number of nitrogens with zero attached hydrogens (tertiary/aromatic N) is 1. The lowest BCUT2D eigenvalue weighted by Gasteiger charge is -2.20. The molecule has 1 unspecified atom stereocenters. The Bertz CT molecular complexity index is 536. The molecule has 108 valence electrons. The van der Waals surface area contributed by atoms with Crippen molar-refractivity contribution in [2.45, 2.75) is 44.6 Å². The maximum atomic E-state index is 12.7. The molecule has 1 aromatic rings. The molecule has 0 aliphatic carbocycles. The molecular weight excluding hydrogens is 282 g/mol. The third kappa shape index (κ3) is 3.02. The number of aliphatic hydroxyl groups is 1. The highest BCUT2D eigenvalue weighted by Crippen LogP contribution is 2.31. The van der Waals surface area contributed by atoms with Gasteiger partial charge in [-0.2, -0.15) is 4.31 Å². The number of sulfonamides is 1. The first kappa shape index (κ1) is 15.0. The van der Waals surface area contributed by atoms with Gasteiger partial charge in [0.1, 0.15) is 4.90 Å². The molecule has 1 N–H and O–H groups in total. The summed E-state index contributed by atoms with van der Waals surface area (Å²) in [5, 5.41) is 11.1. The maximum Gasteiger partial charge on any atom is 0.244 e. The van der Waals surface area contributed by atoms with E-state index in [1.165, 1.54) is 11.3 Å². The Morgan fingerprint density at radius 2 is 2.16 bits per heavy atom. The molecule has 1 saturated heterocycles. The van der Waals surface area contributed by atoms with Crippen molar-refractivity contribution in [1.82, 2.24) is 4.31 Å². The lowest BCUT2D eigenvalue weighted by Crippen LogP contribution is -2.32. The van der Waals surface area contributed by atoms with Crippen LogP contribution in [-0.4, -0.2) is 30.9 Å². The second-order valence-corrected chi connectivity index (χ2v) is 8.11. The van der Waals surface area contributed by atoms with Gasteiger partial charge in [-0.1, -0.05) is 6.92 Å². The van der Waals surface area contributed by atoms with Gasteiger partial charge >= 0.3 is 0 Å². The Hall–Kier alpha value is -0.430. The first-order valence-electron chi connectivity index (χ1n) is 6.64. The summed E-state index contributed by atoms with van der Waals surface area (Å²) < 4.78 is 27.0. The largest absolute Gasteiger partial charge is 0.391 e. The molecule has 0 spiro atoms. The van der Waals surface area contributed by atoms with Crippen LogP contribution in [0.15, 0.2) is 10.3 Å². The molecule has 0 amide bonds. The Kier molecular flexibility index (Phi) is 4.66. The van der Waals surface area contributed by atoms with E-state index in [1.54, 1.807) is 16.6 Å². The van der Waals surface area contributed by atoms with Gasteiger partial charge in [0.25, 0.3) is 0 Å². The smallest absolute Gasteiger partial charge is 0.244 e. The van der Waals surface area contributed by atoms with Gasteiger partial charge in [-0.25, -0.2) is 8.42 Å². The molecule has 0 bridgehead atoms. The van der Waals surface area contributed by atoms with Crippen molar-refractivity contribution >= 4 is 21.4 Å². The van der Waals surface area contributed by atoms with Gasteiger partial charge in [-0.3, -0.25) is 0 Å². The first-order chi connectivity index (χ1) is 8.96. The molecule has 1 aliphatic heterocycles. The van der Waals surface area contributed by atoms with Crippen LogP contribution in [0.1, 0.15) is 36.6 Å². The van der Waals surface area contributed by atoms with Gasteiger partial charge in [0.2, 0.25) is 10.0 Å². The van der Waals surface area contributed by atoms with Crippen LogP contribution in [0.4, 0.5) is 0 Å².